The van der Waals surface area contributed by atoms with Crippen molar-refractivity contribution in [1.29, 1.82) is 0 Å². The second-order valence-corrected chi connectivity index (χ2v) is 3.21. The van der Waals surface area contributed by atoms with Crippen LogP contribution in [-0.4, -0.2) is 17.2 Å². The molecule has 0 saturated carbocycles. The van der Waals surface area contributed by atoms with Crippen molar-refractivity contribution in [2.24, 2.45) is 5.92 Å². The van der Waals surface area contributed by atoms with Crippen LogP contribution in [0.2, 0.25) is 0 Å². The Morgan fingerprint density at radius 1 is 1.60 bits per heavy atom. The molecule has 0 amide bonds. The summed E-state index contributed by atoms with van der Waals surface area (Å²) in [7, 11) is 0. The van der Waals surface area contributed by atoms with Gasteiger partial charge in [0.1, 0.15) is 5.76 Å². The van der Waals surface area contributed by atoms with Crippen LogP contribution in [0.5, 0.6) is 0 Å². The first kappa shape index (κ1) is 7.61. The number of nitrogens with one attached hydrogen (secondary N) is 1. The number of aliphatic hydroxyl groups excluding tert-OH is 1. The van der Waals surface area contributed by atoms with Crippen LogP contribution in [0.15, 0.2) is 12.3 Å². The van der Waals surface area contributed by atoms with Gasteiger partial charge in [0.25, 0.3) is 0 Å². The third-order valence-corrected chi connectivity index (χ3v) is 2.33. The van der Waals surface area contributed by atoms with Gasteiger partial charge in [-0.25, -0.2) is 0 Å². The maximum Gasteiger partial charge on any atom is 0.102 e. The fourth-order valence-electron chi connectivity index (χ4n) is 1.36. The van der Waals surface area contributed by atoms with Gasteiger partial charge in [0.05, 0.1) is 6.04 Å². The van der Waals surface area contributed by atoms with Gasteiger partial charge in [0.2, 0.25) is 0 Å². The van der Waals surface area contributed by atoms with Gasteiger partial charge < -0.3 is 10.4 Å². The quantitative estimate of drug-likeness (QED) is 0.542. The molecule has 1 fully saturated rings. The van der Waals surface area contributed by atoms with Crippen LogP contribution in [0.1, 0.15) is 20.3 Å². The van der Waals surface area contributed by atoms with Crippen molar-refractivity contribution in [3.63, 3.8) is 0 Å². The summed E-state index contributed by atoms with van der Waals surface area (Å²) in [5.74, 6) is 0.921. The van der Waals surface area contributed by atoms with E-state index in [2.05, 4.69) is 25.7 Å². The van der Waals surface area contributed by atoms with Crippen LogP contribution in [-0.2, 0) is 0 Å². The van der Waals surface area contributed by atoms with Crippen LogP contribution in [0.4, 0.5) is 0 Å². The van der Waals surface area contributed by atoms with Crippen LogP contribution in [0, 0.1) is 5.92 Å². The van der Waals surface area contributed by atoms with E-state index in [9.17, 15) is 0 Å². The minimum atomic E-state index is 0.130. The molecule has 0 bridgehead atoms. The number of rotatable bonds is 1. The molecule has 1 saturated heterocycles. The molecule has 3 atom stereocenters. The second-order valence-electron chi connectivity index (χ2n) is 3.21. The highest BCUT2D eigenvalue weighted by Crippen LogP contribution is 2.21. The lowest BCUT2D eigenvalue weighted by atomic mass is 10.0. The van der Waals surface area contributed by atoms with Gasteiger partial charge in [-0.05, 0) is 19.3 Å². The zero-order valence-corrected chi connectivity index (χ0v) is 6.59. The number of hydrogen-bond acceptors (Lipinski definition) is 2. The molecule has 0 aromatic heterocycles. The zero-order valence-electron chi connectivity index (χ0n) is 6.59. The highest BCUT2D eigenvalue weighted by atomic mass is 16.3. The Morgan fingerprint density at radius 2 is 2.20 bits per heavy atom. The predicted molar refractivity (Wildman–Crippen MR) is 41.9 cm³/mol. The van der Waals surface area contributed by atoms with E-state index >= 15 is 0 Å². The van der Waals surface area contributed by atoms with E-state index in [0.29, 0.717) is 12.0 Å². The summed E-state index contributed by atoms with van der Waals surface area (Å²) in [5, 5.41) is 12.3. The maximum atomic E-state index is 9.03. The fourth-order valence-corrected chi connectivity index (χ4v) is 1.36. The summed E-state index contributed by atoms with van der Waals surface area (Å²) >= 11 is 0. The van der Waals surface area contributed by atoms with Crippen LogP contribution in [0.3, 0.4) is 0 Å². The first-order valence-corrected chi connectivity index (χ1v) is 3.75. The first-order valence-electron chi connectivity index (χ1n) is 3.75. The summed E-state index contributed by atoms with van der Waals surface area (Å²) in [6.45, 7) is 7.81. The Bertz CT molecular complexity index is 134. The van der Waals surface area contributed by atoms with Crippen molar-refractivity contribution >= 4 is 0 Å². The Hall–Kier alpha value is -0.500. The number of hydrogen-bond donors (Lipinski definition) is 2. The molecule has 2 nitrogen and oxygen atoms in total. The largest absolute Gasteiger partial charge is 0.511 e. The average molecular weight is 141 g/mol. The van der Waals surface area contributed by atoms with Gasteiger partial charge in [-0.1, -0.05) is 13.5 Å². The van der Waals surface area contributed by atoms with Gasteiger partial charge in [-0.3, -0.25) is 0 Å². The van der Waals surface area contributed by atoms with E-state index < -0.39 is 0 Å². The normalized spacial score (nSPS) is 40.0. The molecule has 10 heavy (non-hydrogen) atoms. The molecular weight excluding hydrogens is 126 g/mol. The summed E-state index contributed by atoms with van der Waals surface area (Å²) in [6, 6.07) is 0.638. The van der Waals surface area contributed by atoms with E-state index in [0.717, 1.165) is 6.42 Å². The summed E-state index contributed by atoms with van der Waals surface area (Å²) in [6.07, 6.45) is 1.01. The van der Waals surface area contributed by atoms with Gasteiger partial charge in [0.15, 0.2) is 0 Å². The Balaban J connectivity index is 2.49. The van der Waals surface area contributed by atoms with Crippen LogP contribution >= 0.6 is 0 Å². The molecule has 58 valence electrons. The monoisotopic (exact) mass is 141 g/mol. The van der Waals surface area contributed by atoms with E-state index in [4.69, 9.17) is 5.11 Å². The van der Waals surface area contributed by atoms with E-state index in [1.165, 1.54) is 0 Å². The lowest BCUT2D eigenvalue weighted by molar-refractivity contribution is 0.353. The molecule has 0 spiro atoms. The molecule has 0 aromatic rings. The first-order chi connectivity index (χ1) is 4.61. The van der Waals surface area contributed by atoms with Crippen LogP contribution < -0.4 is 5.32 Å². The molecule has 0 unspecified atom stereocenters. The predicted octanol–water partition coefficient (Wildman–Crippen LogP) is 1.44. The Kier molecular flexibility index (Phi) is 2.00. The highest BCUT2D eigenvalue weighted by molar-refractivity contribution is 5.01. The van der Waals surface area contributed by atoms with E-state index in [1.54, 1.807) is 0 Å². The topological polar surface area (TPSA) is 32.3 Å². The minimum absolute atomic E-state index is 0.130. The molecule has 2 N–H and O–H groups in total. The Morgan fingerprint density at radius 3 is 2.40 bits per heavy atom. The molecular formula is C8H15NO. The van der Waals surface area contributed by atoms with Crippen molar-refractivity contribution in [1.82, 2.24) is 5.32 Å². The van der Waals surface area contributed by atoms with E-state index in [1.807, 2.05) is 0 Å². The lowest BCUT2D eigenvalue weighted by Crippen LogP contribution is -2.29. The maximum absolute atomic E-state index is 9.03. The molecule has 1 rings (SSSR count). The lowest BCUT2D eigenvalue weighted by Gasteiger charge is -2.08. The van der Waals surface area contributed by atoms with Gasteiger partial charge in [-0.2, -0.15) is 0 Å². The van der Waals surface area contributed by atoms with Crippen LogP contribution in [0.25, 0.3) is 0 Å². The highest BCUT2D eigenvalue weighted by Gasteiger charge is 2.28. The van der Waals surface area contributed by atoms with Crippen molar-refractivity contribution in [3.8, 4) is 0 Å². The second kappa shape index (κ2) is 2.62. The van der Waals surface area contributed by atoms with Crippen molar-refractivity contribution < 1.29 is 5.11 Å². The average Bonchev–Trinajstić information content (AvgIpc) is 2.13. The molecule has 0 aliphatic carbocycles. The van der Waals surface area contributed by atoms with Crippen molar-refractivity contribution in [3.05, 3.63) is 12.3 Å². The smallest absolute Gasteiger partial charge is 0.102 e. The van der Waals surface area contributed by atoms with Gasteiger partial charge in [-0.15, -0.1) is 0 Å². The molecule has 1 aliphatic rings. The van der Waals surface area contributed by atoms with Crippen molar-refractivity contribution in [2.45, 2.75) is 32.4 Å². The third kappa shape index (κ3) is 1.32. The number of aliphatic hydroxyl groups is 1. The fraction of sp³-hybridized carbons (Fsp3) is 0.750. The molecule has 0 aromatic carbocycles. The standard InChI is InChI=1S/C8H15NO/c1-5-4-8(7(3)10)9-6(5)2/h5-6,8-10H,3-4H2,1-2H3/t5-,6-,8+/m1/s1. The van der Waals surface area contributed by atoms with Crippen molar-refractivity contribution in [2.75, 3.05) is 0 Å². The molecule has 2 heteroatoms. The zero-order chi connectivity index (χ0) is 7.72. The minimum Gasteiger partial charge on any atom is -0.511 e. The Labute approximate surface area is 61.9 Å². The molecule has 0 radical (unpaired) electrons. The van der Waals surface area contributed by atoms with Gasteiger partial charge in [0, 0.05) is 6.04 Å². The summed E-state index contributed by atoms with van der Waals surface area (Å²) in [5.41, 5.74) is 0. The SMILES string of the molecule is C=C(O)[C@@H]1C[C@@H](C)[C@@H](C)N1. The summed E-state index contributed by atoms with van der Waals surface area (Å²) in [4.78, 5) is 0. The summed E-state index contributed by atoms with van der Waals surface area (Å²) < 4.78 is 0. The molecule has 1 heterocycles. The third-order valence-electron chi connectivity index (χ3n) is 2.33. The van der Waals surface area contributed by atoms with E-state index in [-0.39, 0.29) is 11.8 Å². The van der Waals surface area contributed by atoms with Gasteiger partial charge >= 0.3 is 0 Å². The molecule has 1 aliphatic heterocycles.